The van der Waals surface area contributed by atoms with Gasteiger partial charge in [0.1, 0.15) is 5.56 Å². The Kier molecular flexibility index (Phi) is 5.06. The molecule has 1 aromatic rings. The zero-order chi connectivity index (χ0) is 13.5. The molecule has 1 rings (SSSR count). The molecule has 0 spiro atoms. The van der Waals surface area contributed by atoms with Gasteiger partial charge in [-0.05, 0) is 19.0 Å². The number of primary amides is 1. The van der Waals surface area contributed by atoms with Gasteiger partial charge in [0.05, 0.1) is 19.0 Å². The first-order chi connectivity index (χ1) is 8.58. The zero-order valence-electron chi connectivity index (χ0n) is 10.1. The largest absolute Gasteiger partial charge is 0.480 e. The maximum Gasteiger partial charge on any atom is 0.254 e. The van der Waals surface area contributed by atoms with Crippen molar-refractivity contribution >= 4 is 17.5 Å². The maximum absolute atomic E-state index is 11.5. The fraction of sp³-hybridized carbons (Fsp3) is 0.364. The van der Waals surface area contributed by atoms with E-state index in [4.69, 9.17) is 16.2 Å². The molecule has 18 heavy (non-hydrogen) atoms. The van der Waals surface area contributed by atoms with Crippen LogP contribution in [0.2, 0.25) is 0 Å². The minimum Gasteiger partial charge on any atom is -0.480 e. The second-order valence-corrected chi connectivity index (χ2v) is 3.59. The van der Waals surface area contributed by atoms with E-state index in [0.29, 0.717) is 25.1 Å². The van der Waals surface area contributed by atoms with Crippen molar-refractivity contribution in [2.24, 2.45) is 11.5 Å². The lowest BCUT2D eigenvalue weighted by molar-refractivity contribution is -0.116. The summed E-state index contributed by atoms with van der Waals surface area (Å²) in [7, 11) is 1.38. The van der Waals surface area contributed by atoms with Gasteiger partial charge in [-0.15, -0.1) is 0 Å². The molecule has 0 aliphatic rings. The summed E-state index contributed by atoms with van der Waals surface area (Å²) in [5, 5.41) is 2.60. The molecule has 0 aromatic carbocycles. The number of hydrogen-bond donors (Lipinski definition) is 3. The molecule has 0 unspecified atom stereocenters. The lowest BCUT2D eigenvalue weighted by atomic mass is 10.2. The second kappa shape index (κ2) is 6.55. The number of nitrogens with zero attached hydrogens (tertiary/aromatic N) is 1. The van der Waals surface area contributed by atoms with E-state index >= 15 is 0 Å². The number of pyridine rings is 1. The smallest absolute Gasteiger partial charge is 0.254 e. The lowest BCUT2D eigenvalue weighted by Crippen LogP contribution is -2.16. The van der Waals surface area contributed by atoms with E-state index in [9.17, 15) is 9.59 Å². The van der Waals surface area contributed by atoms with Crippen LogP contribution in [-0.4, -0.2) is 30.5 Å². The number of rotatable bonds is 6. The molecule has 1 aromatic heterocycles. The van der Waals surface area contributed by atoms with E-state index in [-0.39, 0.29) is 17.4 Å². The summed E-state index contributed by atoms with van der Waals surface area (Å²) in [6.45, 7) is 0.445. The molecule has 0 bridgehead atoms. The van der Waals surface area contributed by atoms with Crippen molar-refractivity contribution in [2.45, 2.75) is 12.8 Å². The second-order valence-electron chi connectivity index (χ2n) is 3.59. The van der Waals surface area contributed by atoms with Gasteiger partial charge in [-0.3, -0.25) is 9.59 Å². The molecule has 0 atom stereocenters. The van der Waals surface area contributed by atoms with Crippen LogP contribution in [0, 0.1) is 0 Å². The molecule has 98 valence electrons. The molecule has 0 fully saturated rings. The van der Waals surface area contributed by atoms with Crippen molar-refractivity contribution in [3.8, 4) is 5.88 Å². The average Bonchev–Trinajstić information content (AvgIpc) is 2.36. The fourth-order valence-electron chi connectivity index (χ4n) is 1.35. The third-order valence-corrected chi connectivity index (χ3v) is 2.20. The topological polar surface area (TPSA) is 120 Å². The molecule has 7 nitrogen and oxygen atoms in total. The van der Waals surface area contributed by atoms with Crippen molar-refractivity contribution in [3.05, 3.63) is 17.8 Å². The number of carbonyl (C=O) groups is 2. The van der Waals surface area contributed by atoms with Crippen molar-refractivity contribution in [2.75, 3.05) is 19.0 Å². The first-order valence-electron chi connectivity index (χ1n) is 5.42. The quantitative estimate of drug-likeness (QED) is 0.651. The highest BCUT2D eigenvalue weighted by atomic mass is 16.5. The van der Waals surface area contributed by atoms with Crippen LogP contribution >= 0.6 is 0 Å². The van der Waals surface area contributed by atoms with Gasteiger partial charge in [0, 0.05) is 6.42 Å². The molecule has 0 aliphatic heterocycles. The van der Waals surface area contributed by atoms with E-state index in [1.54, 1.807) is 0 Å². The number of hydrogen-bond acceptors (Lipinski definition) is 5. The molecular formula is C11H16N4O3. The van der Waals surface area contributed by atoms with Crippen molar-refractivity contribution < 1.29 is 14.3 Å². The van der Waals surface area contributed by atoms with Crippen LogP contribution in [0.5, 0.6) is 5.88 Å². The Hall–Kier alpha value is -2.15. The number of ether oxygens (including phenoxy) is 1. The first kappa shape index (κ1) is 13.9. The van der Waals surface area contributed by atoms with Gasteiger partial charge < -0.3 is 21.5 Å². The summed E-state index contributed by atoms with van der Waals surface area (Å²) in [5.74, 6) is -0.734. The Bertz CT molecular complexity index is 448. The first-order valence-corrected chi connectivity index (χ1v) is 5.42. The van der Waals surface area contributed by atoms with Gasteiger partial charge in [0.15, 0.2) is 0 Å². The van der Waals surface area contributed by atoms with E-state index in [0.717, 1.165) is 0 Å². The van der Waals surface area contributed by atoms with Crippen LogP contribution in [0.25, 0.3) is 0 Å². The number of nitrogens with one attached hydrogen (secondary N) is 1. The van der Waals surface area contributed by atoms with Crippen LogP contribution in [0.4, 0.5) is 5.69 Å². The van der Waals surface area contributed by atoms with E-state index in [1.807, 2.05) is 0 Å². The highest BCUT2D eigenvalue weighted by Gasteiger charge is 2.12. The Labute approximate surface area is 105 Å². The summed E-state index contributed by atoms with van der Waals surface area (Å²) < 4.78 is 4.89. The number of aromatic nitrogens is 1. The summed E-state index contributed by atoms with van der Waals surface area (Å²) in [4.78, 5) is 26.5. The van der Waals surface area contributed by atoms with Crippen molar-refractivity contribution in [3.63, 3.8) is 0 Å². The number of nitrogens with two attached hydrogens (primary N) is 2. The highest BCUT2D eigenvalue weighted by molar-refractivity contribution is 5.97. The van der Waals surface area contributed by atoms with Crippen LogP contribution in [0.3, 0.4) is 0 Å². The molecule has 0 saturated heterocycles. The Balaban J connectivity index is 2.82. The summed E-state index contributed by atoms with van der Waals surface area (Å²) >= 11 is 0. The maximum atomic E-state index is 11.5. The Morgan fingerprint density at radius 1 is 1.50 bits per heavy atom. The van der Waals surface area contributed by atoms with Crippen LogP contribution < -0.4 is 21.5 Å². The zero-order valence-corrected chi connectivity index (χ0v) is 10.1. The molecule has 0 aliphatic carbocycles. The molecule has 0 saturated carbocycles. The van der Waals surface area contributed by atoms with Gasteiger partial charge in [0.2, 0.25) is 11.8 Å². The minimum absolute atomic E-state index is 0.120. The SMILES string of the molecule is COc1ncc(NC(=O)CCCN)cc1C(N)=O. The van der Waals surface area contributed by atoms with E-state index in [1.165, 1.54) is 19.4 Å². The van der Waals surface area contributed by atoms with Crippen molar-refractivity contribution in [1.29, 1.82) is 0 Å². The molecule has 2 amide bonds. The summed E-state index contributed by atoms with van der Waals surface area (Å²) in [5.41, 5.74) is 11.0. The number of carbonyl (C=O) groups excluding carboxylic acids is 2. The average molecular weight is 252 g/mol. The van der Waals surface area contributed by atoms with Gasteiger partial charge in [-0.25, -0.2) is 4.98 Å². The van der Waals surface area contributed by atoms with Gasteiger partial charge in [-0.2, -0.15) is 0 Å². The van der Waals surface area contributed by atoms with Crippen LogP contribution in [-0.2, 0) is 4.79 Å². The summed E-state index contributed by atoms with van der Waals surface area (Å²) in [6.07, 6.45) is 2.30. The molecule has 7 heteroatoms. The lowest BCUT2D eigenvalue weighted by Gasteiger charge is -2.08. The predicted molar refractivity (Wildman–Crippen MR) is 66.2 cm³/mol. The van der Waals surface area contributed by atoms with E-state index in [2.05, 4.69) is 10.3 Å². The monoisotopic (exact) mass is 252 g/mol. The predicted octanol–water partition coefficient (Wildman–Crippen LogP) is -0.133. The van der Waals surface area contributed by atoms with Gasteiger partial charge in [0.25, 0.3) is 5.91 Å². The molecule has 5 N–H and O–H groups in total. The van der Waals surface area contributed by atoms with E-state index < -0.39 is 5.91 Å². The Morgan fingerprint density at radius 2 is 2.22 bits per heavy atom. The third-order valence-electron chi connectivity index (χ3n) is 2.20. The number of methoxy groups -OCH3 is 1. The number of amides is 2. The van der Waals surface area contributed by atoms with Crippen LogP contribution in [0.1, 0.15) is 23.2 Å². The van der Waals surface area contributed by atoms with Gasteiger partial charge in [-0.1, -0.05) is 0 Å². The van der Waals surface area contributed by atoms with Crippen LogP contribution in [0.15, 0.2) is 12.3 Å². The third kappa shape index (κ3) is 3.70. The Morgan fingerprint density at radius 3 is 2.78 bits per heavy atom. The fourth-order valence-corrected chi connectivity index (χ4v) is 1.35. The highest BCUT2D eigenvalue weighted by Crippen LogP contribution is 2.18. The number of anilines is 1. The molecular weight excluding hydrogens is 236 g/mol. The summed E-state index contributed by atoms with van der Waals surface area (Å²) in [6, 6.07) is 1.43. The normalized spacial score (nSPS) is 9.89. The molecule has 0 radical (unpaired) electrons. The minimum atomic E-state index is -0.669. The van der Waals surface area contributed by atoms with Gasteiger partial charge >= 0.3 is 0 Å². The molecule has 1 heterocycles. The standard InChI is InChI=1S/C11H16N4O3/c1-18-11-8(10(13)17)5-7(6-14-11)15-9(16)3-2-4-12/h5-6H,2-4,12H2,1H3,(H2,13,17)(H,15,16). The van der Waals surface area contributed by atoms with Crippen molar-refractivity contribution in [1.82, 2.24) is 4.98 Å².